The van der Waals surface area contributed by atoms with Gasteiger partial charge in [0.2, 0.25) is 0 Å². The van der Waals surface area contributed by atoms with Crippen LogP contribution in [0.3, 0.4) is 0 Å². The summed E-state index contributed by atoms with van der Waals surface area (Å²) in [5.74, 6) is 0.958. The van der Waals surface area contributed by atoms with Gasteiger partial charge in [0.25, 0.3) is 0 Å². The van der Waals surface area contributed by atoms with E-state index < -0.39 is 0 Å². The Labute approximate surface area is 133 Å². The minimum atomic E-state index is -0.319. The first-order chi connectivity index (χ1) is 10.7. The summed E-state index contributed by atoms with van der Waals surface area (Å²) in [4.78, 5) is 0. The maximum Gasteiger partial charge on any atom is 0.161 e. The molecule has 0 saturated heterocycles. The lowest BCUT2D eigenvalue weighted by Gasteiger charge is -2.21. The van der Waals surface area contributed by atoms with Crippen LogP contribution in [0.15, 0.2) is 36.4 Å². The third-order valence-corrected chi connectivity index (χ3v) is 4.11. The normalized spacial score (nSPS) is 14.7. The Morgan fingerprint density at radius 3 is 2.64 bits per heavy atom. The second-order valence-electron chi connectivity index (χ2n) is 5.25. The first kappa shape index (κ1) is 15.1. The first-order valence-electron chi connectivity index (χ1n) is 7.21. The van der Waals surface area contributed by atoms with E-state index in [0.29, 0.717) is 36.8 Å². The van der Waals surface area contributed by atoms with Gasteiger partial charge in [-0.15, -0.1) is 0 Å². The van der Waals surface area contributed by atoms with E-state index in [1.54, 1.807) is 12.1 Å². The molecule has 0 aromatic heterocycles. The zero-order valence-electron chi connectivity index (χ0n) is 12.0. The third kappa shape index (κ3) is 3.03. The first-order valence-corrected chi connectivity index (χ1v) is 7.59. The van der Waals surface area contributed by atoms with Gasteiger partial charge in [-0.3, -0.25) is 0 Å². The van der Waals surface area contributed by atoms with Crippen molar-refractivity contribution in [1.82, 2.24) is 0 Å². The number of hydrogen-bond donors (Lipinski definition) is 1. The molecule has 0 spiro atoms. The number of ether oxygens (including phenoxy) is 2. The lowest BCUT2D eigenvalue weighted by atomic mass is 9.91. The summed E-state index contributed by atoms with van der Waals surface area (Å²) in [5.41, 5.74) is 7.33. The Balaban J connectivity index is 1.87. The van der Waals surface area contributed by atoms with Crippen molar-refractivity contribution >= 4 is 11.6 Å². The van der Waals surface area contributed by atoms with Crippen LogP contribution >= 0.6 is 11.6 Å². The fourth-order valence-corrected chi connectivity index (χ4v) is 3.02. The van der Waals surface area contributed by atoms with Gasteiger partial charge >= 0.3 is 0 Å². The van der Waals surface area contributed by atoms with Crippen molar-refractivity contribution in [2.45, 2.75) is 12.3 Å². The molecule has 1 aliphatic rings. The van der Waals surface area contributed by atoms with Crippen LogP contribution in [0.2, 0.25) is 5.02 Å². The second-order valence-corrected chi connectivity index (χ2v) is 5.66. The standard InChI is InChI=1S/C17H17ClFNO2/c18-13-2-1-3-14(19)17(13)12(10-20)8-11-4-5-15-16(9-11)22-7-6-21-15/h1-5,9,12H,6-8,10,20H2. The third-order valence-electron chi connectivity index (χ3n) is 3.78. The molecule has 1 aliphatic heterocycles. The molecule has 0 bridgehead atoms. The molecule has 1 unspecified atom stereocenters. The van der Waals surface area contributed by atoms with Crippen molar-refractivity contribution in [3.8, 4) is 11.5 Å². The fourth-order valence-electron chi connectivity index (χ4n) is 2.70. The van der Waals surface area contributed by atoms with Gasteiger partial charge in [0.15, 0.2) is 11.5 Å². The van der Waals surface area contributed by atoms with E-state index in [0.717, 1.165) is 17.1 Å². The van der Waals surface area contributed by atoms with E-state index in [4.69, 9.17) is 26.8 Å². The summed E-state index contributed by atoms with van der Waals surface area (Å²) < 4.78 is 25.2. The van der Waals surface area contributed by atoms with Crippen LogP contribution in [-0.2, 0) is 6.42 Å². The SMILES string of the molecule is NCC(Cc1ccc2c(c1)OCCO2)c1c(F)cccc1Cl. The fraction of sp³-hybridized carbons (Fsp3) is 0.294. The highest BCUT2D eigenvalue weighted by Crippen LogP contribution is 2.34. The van der Waals surface area contributed by atoms with Gasteiger partial charge in [-0.05, 0) is 42.8 Å². The van der Waals surface area contributed by atoms with E-state index in [1.165, 1.54) is 6.07 Å². The highest BCUT2D eigenvalue weighted by molar-refractivity contribution is 6.31. The number of hydrogen-bond acceptors (Lipinski definition) is 3. The van der Waals surface area contributed by atoms with Gasteiger partial charge < -0.3 is 15.2 Å². The molecule has 2 aromatic rings. The van der Waals surface area contributed by atoms with E-state index in [2.05, 4.69) is 0 Å². The maximum absolute atomic E-state index is 14.1. The minimum absolute atomic E-state index is 0.184. The molecule has 1 atom stereocenters. The molecule has 3 rings (SSSR count). The average molecular weight is 322 g/mol. The molecule has 0 aliphatic carbocycles. The lowest BCUT2D eigenvalue weighted by molar-refractivity contribution is 0.171. The Morgan fingerprint density at radius 1 is 1.14 bits per heavy atom. The Kier molecular flexibility index (Phi) is 4.50. The van der Waals surface area contributed by atoms with Crippen molar-refractivity contribution in [3.05, 3.63) is 58.4 Å². The van der Waals surface area contributed by atoms with Crippen LogP contribution in [0.25, 0.3) is 0 Å². The van der Waals surface area contributed by atoms with Crippen molar-refractivity contribution in [3.63, 3.8) is 0 Å². The molecule has 2 aromatic carbocycles. The molecule has 0 fully saturated rings. The number of rotatable bonds is 4. The van der Waals surface area contributed by atoms with Gasteiger partial charge in [0.1, 0.15) is 19.0 Å². The largest absolute Gasteiger partial charge is 0.486 e. The van der Waals surface area contributed by atoms with E-state index in [-0.39, 0.29) is 11.7 Å². The highest BCUT2D eigenvalue weighted by atomic mass is 35.5. The molecule has 22 heavy (non-hydrogen) atoms. The Bertz CT molecular complexity index is 657. The number of fused-ring (bicyclic) bond motifs is 1. The predicted molar refractivity (Wildman–Crippen MR) is 84.3 cm³/mol. The van der Waals surface area contributed by atoms with Crippen molar-refractivity contribution in [1.29, 1.82) is 0 Å². The topological polar surface area (TPSA) is 44.5 Å². The molecule has 0 saturated carbocycles. The summed E-state index contributed by atoms with van der Waals surface area (Å²) in [6.07, 6.45) is 0.591. The van der Waals surface area contributed by atoms with Crippen LogP contribution in [0, 0.1) is 5.82 Å². The van der Waals surface area contributed by atoms with Gasteiger partial charge in [-0.2, -0.15) is 0 Å². The zero-order chi connectivity index (χ0) is 15.5. The van der Waals surface area contributed by atoms with Crippen molar-refractivity contribution in [2.24, 2.45) is 5.73 Å². The van der Waals surface area contributed by atoms with Gasteiger partial charge in [0.05, 0.1) is 0 Å². The van der Waals surface area contributed by atoms with Crippen LogP contribution in [0.4, 0.5) is 4.39 Å². The molecule has 5 heteroatoms. The second kappa shape index (κ2) is 6.55. The average Bonchev–Trinajstić information content (AvgIpc) is 2.53. The summed E-state index contributed by atoms with van der Waals surface area (Å²) >= 11 is 6.14. The minimum Gasteiger partial charge on any atom is -0.486 e. The van der Waals surface area contributed by atoms with Crippen molar-refractivity contribution < 1.29 is 13.9 Å². The van der Waals surface area contributed by atoms with Gasteiger partial charge in [-0.25, -0.2) is 4.39 Å². The predicted octanol–water partition coefficient (Wildman–Crippen LogP) is 3.54. The molecule has 0 amide bonds. The Morgan fingerprint density at radius 2 is 1.91 bits per heavy atom. The summed E-state index contributed by atoms with van der Waals surface area (Å²) in [5, 5.41) is 0.410. The number of halogens is 2. The molecule has 1 heterocycles. The summed E-state index contributed by atoms with van der Waals surface area (Å²) in [6.45, 7) is 1.41. The van der Waals surface area contributed by atoms with Crippen molar-refractivity contribution in [2.75, 3.05) is 19.8 Å². The molecular weight excluding hydrogens is 305 g/mol. The zero-order valence-corrected chi connectivity index (χ0v) is 12.8. The van der Waals surface area contributed by atoms with E-state index in [1.807, 2.05) is 18.2 Å². The van der Waals surface area contributed by atoms with Crippen LogP contribution in [0.1, 0.15) is 17.0 Å². The molecule has 2 N–H and O–H groups in total. The summed E-state index contributed by atoms with van der Waals surface area (Å²) in [7, 11) is 0. The van der Waals surface area contributed by atoms with Gasteiger partial charge in [-0.1, -0.05) is 23.7 Å². The quantitative estimate of drug-likeness (QED) is 0.937. The molecule has 116 valence electrons. The maximum atomic E-state index is 14.1. The molecule has 3 nitrogen and oxygen atoms in total. The summed E-state index contributed by atoms with van der Waals surface area (Å²) in [6, 6.07) is 10.4. The highest BCUT2D eigenvalue weighted by Gasteiger charge is 2.20. The van der Waals surface area contributed by atoms with E-state index in [9.17, 15) is 4.39 Å². The molecule has 0 radical (unpaired) electrons. The van der Waals surface area contributed by atoms with Gasteiger partial charge in [0, 0.05) is 16.5 Å². The lowest BCUT2D eigenvalue weighted by Crippen LogP contribution is -2.18. The smallest absolute Gasteiger partial charge is 0.161 e. The monoisotopic (exact) mass is 321 g/mol. The van der Waals surface area contributed by atoms with Crippen LogP contribution in [-0.4, -0.2) is 19.8 Å². The number of benzene rings is 2. The van der Waals surface area contributed by atoms with Crippen LogP contribution in [0.5, 0.6) is 11.5 Å². The molecular formula is C17H17ClFNO2. The Hall–Kier alpha value is -1.78. The van der Waals surface area contributed by atoms with Crippen LogP contribution < -0.4 is 15.2 Å². The number of nitrogens with two attached hydrogens (primary N) is 1. The van der Waals surface area contributed by atoms with E-state index >= 15 is 0 Å².